The van der Waals surface area contributed by atoms with Crippen LogP contribution in [0.15, 0.2) is 21.9 Å². The quantitative estimate of drug-likeness (QED) is 0.636. The van der Waals surface area contributed by atoms with Gasteiger partial charge in [-0.05, 0) is 11.1 Å². The topological polar surface area (TPSA) is 112 Å². The van der Waals surface area contributed by atoms with Crippen molar-refractivity contribution < 1.29 is 23.4 Å². The van der Waals surface area contributed by atoms with Gasteiger partial charge in [-0.25, -0.2) is 4.79 Å². The molecule has 1 aromatic rings. The molecule has 2 aliphatic rings. The number of nitrogens with zero attached hydrogens (tertiary/aromatic N) is 1. The summed E-state index contributed by atoms with van der Waals surface area (Å²) in [6.07, 6.45) is -2.21. The summed E-state index contributed by atoms with van der Waals surface area (Å²) in [5, 5.41) is 11.2. The molecule has 0 aliphatic carbocycles. The Labute approximate surface area is 190 Å². The maximum absolute atomic E-state index is 12.4. The normalized spacial score (nSPS) is 30.0. The molecule has 1 unspecified atom stereocenters. The Bertz CT molecular complexity index is 894. The second kappa shape index (κ2) is 9.15. The molecule has 2 saturated heterocycles. The molecule has 2 aliphatic heterocycles. The van der Waals surface area contributed by atoms with E-state index >= 15 is 0 Å². The summed E-state index contributed by atoms with van der Waals surface area (Å²) >= 11 is 0. The van der Waals surface area contributed by atoms with Gasteiger partial charge in [0.1, 0.15) is 18.3 Å². The molecule has 1 aromatic heterocycles. The minimum Gasteiger partial charge on any atom is -0.391 e. The lowest BCUT2D eigenvalue weighted by molar-refractivity contribution is -0.297. The van der Waals surface area contributed by atoms with E-state index in [0.29, 0.717) is 0 Å². The third kappa shape index (κ3) is 4.17. The highest BCUT2D eigenvalue weighted by Crippen LogP contribution is 2.47. The third-order valence-corrected chi connectivity index (χ3v) is 11.2. The fourth-order valence-corrected chi connectivity index (χ4v) is 8.97. The number of H-pyrrole nitrogens is 1. The smallest absolute Gasteiger partial charge is 0.345 e. The number of nitrogens with one attached hydrogen (secondary N) is 1. The van der Waals surface area contributed by atoms with E-state index in [9.17, 15) is 14.7 Å². The molecule has 10 heteroatoms. The average Bonchev–Trinajstić information content (AvgIpc) is 2.96. The van der Waals surface area contributed by atoms with Gasteiger partial charge >= 0.3 is 14.3 Å². The van der Waals surface area contributed by atoms with E-state index in [4.69, 9.17) is 18.3 Å². The molecule has 2 fully saturated rings. The zero-order valence-electron chi connectivity index (χ0n) is 20.3. The second-order valence-corrected chi connectivity index (χ2v) is 14.4. The number of aliphatic hydroxyl groups is 1. The van der Waals surface area contributed by atoms with Gasteiger partial charge in [0.15, 0.2) is 12.0 Å². The Kier molecular flexibility index (Phi) is 7.24. The number of aromatic nitrogens is 2. The third-order valence-electron chi connectivity index (χ3n) is 6.77. The summed E-state index contributed by atoms with van der Waals surface area (Å²) in [7, 11) is -2.79. The second-order valence-electron chi connectivity index (χ2n) is 10.1. The number of hydrogen-bond acceptors (Lipinski definition) is 7. The van der Waals surface area contributed by atoms with E-state index in [2.05, 4.69) is 32.7 Å². The number of aromatic amines is 1. The number of ether oxygens (including phenoxy) is 2. The van der Waals surface area contributed by atoms with Gasteiger partial charge < -0.3 is 23.4 Å². The Hall–Kier alpha value is -1.30. The van der Waals surface area contributed by atoms with E-state index in [1.54, 1.807) is 0 Å². The van der Waals surface area contributed by atoms with E-state index in [1.807, 2.05) is 27.7 Å². The van der Waals surface area contributed by atoms with Crippen LogP contribution in [0.2, 0.25) is 11.1 Å². The number of fused-ring (bicyclic) bond motifs is 1. The zero-order chi connectivity index (χ0) is 24.0. The zero-order valence-corrected chi connectivity index (χ0v) is 21.3. The highest BCUT2D eigenvalue weighted by atomic mass is 28.4. The summed E-state index contributed by atoms with van der Waals surface area (Å²) in [5.41, 5.74) is -0.854. The maximum atomic E-state index is 12.4. The van der Waals surface area contributed by atoms with Gasteiger partial charge in [-0.2, -0.15) is 0 Å². The first-order valence-electron chi connectivity index (χ1n) is 11.5. The molecule has 3 heterocycles. The van der Waals surface area contributed by atoms with E-state index in [0.717, 1.165) is 0 Å². The summed E-state index contributed by atoms with van der Waals surface area (Å²) < 4.78 is 27.6. The molecule has 4 atom stereocenters. The summed E-state index contributed by atoms with van der Waals surface area (Å²) in [5.74, 6) is -1.06. The van der Waals surface area contributed by atoms with Crippen molar-refractivity contribution in [3.63, 3.8) is 0 Å². The predicted molar refractivity (Wildman–Crippen MR) is 122 cm³/mol. The van der Waals surface area contributed by atoms with Crippen molar-refractivity contribution in [1.29, 1.82) is 0 Å². The van der Waals surface area contributed by atoms with Crippen molar-refractivity contribution >= 4 is 8.56 Å². The lowest BCUT2D eigenvalue weighted by Gasteiger charge is -2.52. The summed E-state index contributed by atoms with van der Waals surface area (Å²) in [4.78, 5) is 26.1. The fraction of sp³-hybridized carbons (Fsp3) is 0.818. The van der Waals surface area contributed by atoms with Crippen LogP contribution >= 0.6 is 0 Å². The monoisotopic (exact) mass is 470 g/mol. The Morgan fingerprint density at radius 3 is 2.19 bits per heavy atom. The van der Waals surface area contributed by atoms with Crippen LogP contribution in [0.3, 0.4) is 0 Å². The van der Waals surface area contributed by atoms with Gasteiger partial charge in [0, 0.05) is 24.1 Å². The van der Waals surface area contributed by atoms with Gasteiger partial charge in [0.2, 0.25) is 0 Å². The number of rotatable bonds is 5. The molecule has 3 rings (SSSR count). The molecule has 0 saturated carbocycles. The molecular formula is C22H38N2O7Si. The lowest BCUT2D eigenvalue weighted by Crippen LogP contribution is -2.64. The number of aliphatic hydroxyl groups excluding tert-OH is 1. The SMILES string of the molecule is CC(C)C1(C(C)C)O[C@@H]2C(O)[C@H](n3ccc(=O)[nH]c3=O)O[C@H]2CO[Si](C(C)C)(C(C)C)O1. The van der Waals surface area contributed by atoms with Crippen molar-refractivity contribution in [1.82, 2.24) is 9.55 Å². The van der Waals surface area contributed by atoms with E-state index < -0.39 is 50.1 Å². The minimum absolute atomic E-state index is 0.0312. The molecule has 0 radical (unpaired) electrons. The van der Waals surface area contributed by atoms with Gasteiger partial charge in [-0.15, -0.1) is 0 Å². The molecule has 32 heavy (non-hydrogen) atoms. The van der Waals surface area contributed by atoms with Crippen molar-refractivity contribution in [3.8, 4) is 0 Å². The molecule has 0 amide bonds. The van der Waals surface area contributed by atoms with Crippen LogP contribution in [0.5, 0.6) is 0 Å². The first-order valence-corrected chi connectivity index (χ1v) is 13.5. The molecule has 0 spiro atoms. The Morgan fingerprint density at radius 1 is 1.09 bits per heavy atom. The van der Waals surface area contributed by atoms with Crippen molar-refractivity contribution in [2.24, 2.45) is 11.8 Å². The van der Waals surface area contributed by atoms with Crippen LogP contribution in [0.25, 0.3) is 0 Å². The van der Waals surface area contributed by atoms with Crippen LogP contribution in [0.1, 0.15) is 61.6 Å². The maximum Gasteiger partial charge on any atom is 0.345 e. The van der Waals surface area contributed by atoms with Crippen LogP contribution in [0, 0.1) is 11.8 Å². The highest BCUT2D eigenvalue weighted by molar-refractivity contribution is 6.70. The lowest BCUT2D eigenvalue weighted by atomic mass is 9.91. The molecule has 0 aromatic carbocycles. The van der Waals surface area contributed by atoms with Crippen LogP contribution in [-0.4, -0.2) is 53.9 Å². The Morgan fingerprint density at radius 2 is 1.69 bits per heavy atom. The average molecular weight is 471 g/mol. The van der Waals surface area contributed by atoms with Crippen LogP contribution < -0.4 is 11.2 Å². The van der Waals surface area contributed by atoms with Crippen molar-refractivity contribution in [2.75, 3.05) is 6.61 Å². The van der Waals surface area contributed by atoms with Crippen molar-refractivity contribution in [3.05, 3.63) is 33.1 Å². The van der Waals surface area contributed by atoms with E-state index in [-0.39, 0.29) is 29.5 Å². The first-order chi connectivity index (χ1) is 14.9. The van der Waals surface area contributed by atoms with E-state index in [1.165, 1.54) is 16.8 Å². The molecular weight excluding hydrogens is 432 g/mol. The van der Waals surface area contributed by atoms with Crippen LogP contribution in [0.4, 0.5) is 0 Å². The van der Waals surface area contributed by atoms with Gasteiger partial charge in [0.25, 0.3) is 5.56 Å². The van der Waals surface area contributed by atoms with Gasteiger partial charge in [0.05, 0.1) is 6.61 Å². The molecule has 182 valence electrons. The van der Waals surface area contributed by atoms with Crippen molar-refractivity contribution in [2.45, 2.75) is 96.8 Å². The Balaban J connectivity index is 2.08. The summed E-state index contributed by atoms with van der Waals surface area (Å²) in [6, 6.07) is 1.22. The summed E-state index contributed by atoms with van der Waals surface area (Å²) in [6.45, 7) is 16.8. The fourth-order valence-electron chi connectivity index (χ4n) is 4.99. The van der Waals surface area contributed by atoms with Gasteiger partial charge in [-0.1, -0.05) is 55.4 Å². The van der Waals surface area contributed by atoms with Gasteiger partial charge in [-0.3, -0.25) is 14.3 Å². The first kappa shape index (κ1) is 25.3. The minimum atomic E-state index is -2.79. The number of hydrogen-bond donors (Lipinski definition) is 2. The molecule has 0 bridgehead atoms. The standard InChI is InChI=1S/C22H38N2O7Si/c1-12(2)22(13(3)4)30-19-16(11-28-32(31-22,14(5)6)15(7)8)29-20(18(19)26)24-10-9-17(25)23-21(24)27/h9-10,12-16,18-20,26H,11H2,1-8H3,(H,23,25,27)/t16-,18?,19-,20+/m0/s1. The molecule has 9 nitrogen and oxygen atoms in total. The van der Waals surface area contributed by atoms with Crippen LogP contribution in [-0.2, 0) is 18.3 Å². The largest absolute Gasteiger partial charge is 0.391 e. The predicted octanol–water partition coefficient (Wildman–Crippen LogP) is 2.50. The highest BCUT2D eigenvalue weighted by Gasteiger charge is 2.60. The molecule has 2 N–H and O–H groups in total.